The van der Waals surface area contributed by atoms with E-state index < -0.39 is 0 Å². The summed E-state index contributed by atoms with van der Waals surface area (Å²) >= 11 is 0. The van der Waals surface area contributed by atoms with Crippen molar-refractivity contribution in [2.75, 3.05) is 25.0 Å². The fourth-order valence-electron chi connectivity index (χ4n) is 2.69. The average molecular weight is 275 g/mol. The number of carbonyl (C=O) groups excluding carboxylic acids is 1. The van der Waals surface area contributed by atoms with Crippen LogP contribution in [0.3, 0.4) is 0 Å². The predicted octanol–water partition coefficient (Wildman–Crippen LogP) is 2.22. The molecular weight excluding hydrogens is 250 g/mol. The minimum Gasteiger partial charge on any atom is -0.326 e. The van der Waals surface area contributed by atoms with E-state index in [9.17, 15) is 4.79 Å². The number of nitrogens with one attached hydrogen (secondary N) is 2. The first-order chi connectivity index (χ1) is 9.69. The Morgan fingerprint density at radius 1 is 1.30 bits per heavy atom. The number of hydrogen-bond donors (Lipinski definition) is 2. The van der Waals surface area contributed by atoms with Crippen molar-refractivity contribution in [3.8, 4) is 0 Å². The first-order valence-corrected chi connectivity index (χ1v) is 7.50. The number of rotatable bonds is 5. The van der Waals surface area contributed by atoms with Crippen LogP contribution in [-0.2, 0) is 11.3 Å². The molecule has 20 heavy (non-hydrogen) atoms. The molecular formula is C16H25N3O. The van der Waals surface area contributed by atoms with Crippen molar-refractivity contribution < 1.29 is 4.79 Å². The Balaban J connectivity index is 1.86. The lowest BCUT2D eigenvalue weighted by Gasteiger charge is -2.31. The molecule has 0 saturated carbocycles. The quantitative estimate of drug-likeness (QED) is 0.866. The van der Waals surface area contributed by atoms with Crippen LogP contribution in [0.2, 0.25) is 0 Å². The van der Waals surface area contributed by atoms with Gasteiger partial charge in [0.2, 0.25) is 5.91 Å². The molecule has 110 valence electrons. The molecule has 2 N–H and O–H groups in total. The second kappa shape index (κ2) is 7.41. The maximum absolute atomic E-state index is 11.2. The Hall–Kier alpha value is -1.39. The van der Waals surface area contributed by atoms with E-state index in [0.29, 0.717) is 6.04 Å². The van der Waals surface area contributed by atoms with Crippen LogP contribution in [0, 0.1) is 0 Å². The maximum Gasteiger partial charge on any atom is 0.221 e. The molecule has 0 aromatic heterocycles. The minimum absolute atomic E-state index is 0.0197. The molecule has 0 unspecified atom stereocenters. The standard InChI is InChI=1S/C16H25N3O/c1-3-19-10-8-15(9-11-19)17-12-14-6-4-5-7-16(14)18-13(2)20/h4-7,15,17H,3,8-12H2,1-2H3,(H,18,20). The lowest BCUT2D eigenvalue weighted by atomic mass is 10.0. The third-order valence-electron chi connectivity index (χ3n) is 3.94. The molecule has 1 aromatic carbocycles. The van der Waals surface area contributed by atoms with Gasteiger partial charge in [-0.3, -0.25) is 4.79 Å². The van der Waals surface area contributed by atoms with Crippen LogP contribution in [0.15, 0.2) is 24.3 Å². The van der Waals surface area contributed by atoms with Gasteiger partial charge in [-0.25, -0.2) is 0 Å². The van der Waals surface area contributed by atoms with Crippen molar-refractivity contribution in [2.45, 2.75) is 39.3 Å². The summed E-state index contributed by atoms with van der Waals surface area (Å²) in [5.41, 5.74) is 2.07. The molecule has 0 bridgehead atoms. The van der Waals surface area contributed by atoms with E-state index in [2.05, 4.69) is 28.5 Å². The zero-order valence-electron chi connectivity index (χ0n) is 12.5. The molecule has 0 spiro atoms. The second-order valence-corrected chi connectivity index (χ2v) is 5.43. The monoisotopic (exact) mass is 275 g/mol. The highest BCUT2D eigenvalue weighted by Crippen LogP contribution is 2.16. The van der Waals surface area contributed by atoms with Crippen LogP contribution in [0.1, 0.15) is 32.3 Å². The van der Waals surface area contributed by atoms with E-state index >= 15 is 0 Å². The number of amides is 1. The molecule has 4 heteroatoms. The van der Waals surface area contributed by atoms with Gasteiger partial charge >= 0.3 is 0 Å². The van der Waals surface area contributed by atoms with Gasteiger partial charge in [0.25, 0.3) is 0 Å². The summed E-state index contributed by atoms with van der Waals surface area (Å²) in [5, 5.41) is 6.51. The largest absolute Gasteiger partial charge is 0.326 e. The molecule has 2 rings (SSSR count). The van der Waals surface area contributed by atoms with Gasteiger partial charge in [-0.1, -0.05) is 25.1 Å². The summed E-state index contributed by atoms with van der Waals surface area (Å²) in [6.45, 7) is 8.09. The molecule has 0 radical (unpaired) electrons. The number of para-hydroxylation sites is 1. The van der Waals surface area contributed by atoms with Gasteiger partial charge in [-0.15, -0.1) is 0 Å². The van der Waals surface area contributed by atoms with Crippen LogP contribution >= 0.6 is 0 Å². The molecule has 1 fully saturated rings. The Kier molecular flexibility index (Phi) is 5.56. The number of nitrogens with zero attached hydrogens (tertiary/aromatic N) is 1. The lowest BCUT2D eigenvalue weighted by Crippen LogP contribution is -2.42. The molecule has 1 aliphatic heterocycles. The third kappa shape index (κ3) is 4.32. The topological polar surface area (TPSA) is 44.4 Å². The van der Waals surface area contributed by atoms with Gasteiger partial charge in [0.15, 0.2) is 0 Å². The van der Waals surface area contributed by atoms with Gasteiger partial charge in [0, 0.05) is 25.2 Å². The summed E-state index contributed by atoms with van der Waals surface area (Å²) in [7, 11) is 0. The highest BCUT2D eigenvalue weighted by atomic mass is 16.1. The fourth-order valence-corrected chi connectivity index (χ4v) is 2.69. The van der Waals surface area contributed by atoms with Crippen LogP contribution < -0.4 is 10.6 Å². The molecule has 1 heterocycles. The van der Waals surface area contributed by atoms with E-state index in [1.54, 1.807) is 6.92 Å². The molecule has 0 atom stereocenters. The van der Waals surface area contributed by atoms with Crippen molar-refractivity contribution in [3.05, 3.63) is 29.8 Å². The average Bonchev–Trinajstić information content (AvgIpc) is 2.46. The molecule has 1 saturated heterocycles. The van der Waals surface area contributed by atoms with Crippen LogP contribution in [-0.4, -0.2) is 36.5 Å². The predicted molar refractivity (Wildman–Crippen MR) is 82.7 cm³/mol. The zero-order chi connectivity index (χ0) is 14.4. The van der Waals surface area contributed by atoms with Gasteiger partial charge in [-0.2, -0.15) is 0 Å². The number of carbonyl (C=O) groups is 1. The summed E-state index contributed by atoms with van der Waals surface area (Å²) in [6, 6.07) is 8.58. The Bertz CT molecular complexity index is 439. The second-order valence-electron chi connectivity index (χ2n) is 5.43. The van der Waals surface area contributed by atoms with E-state index in [4.69, 9.17) is 0 Å². The summed E-state index contributed by atoms with van der Waals surface area (Å²) in [6.07, 6.45) is 2.41. The highest BCUT2D eigenvalue weighted by molar-refractivity contribution is 5.89. The number of anilines is 1. The molecule has 1 aliphatic rings. The SMILES string of the molecule is CCN1CCC(NCc2ccccc2NC(C)=O)CC1. The van der Waals surface area contributed by atoms with Gasteiger partial charge < -0.3 is 15.5 Å². The van der Waals surface area contributed by atoms with Crippen LogP contribution in [0.25, 0.3) is 0 Å². The number of piperidine rings is 1. The first-order valence-electron chi connectivity index (χ1n) is 7.50. The van der Waals surface area contributed by atoms with E-state index in [1.807, 2.05) is 18.2 Å². The van der Waals surface area contributed by atoms with Crippen molar-refractivity contribution in [1.82, 2.24) is 10.2 Å². The van der Waals surface area contributed by atoms with E-state index in [0.717, 1.165) is 24.3 Å². The van der Waals surface area contributed by atoms with E-state index in [1.165, 1.54) is 25.9 Å². The van der Waals surface area contributed by atoms with Crippen molar-refractivity contribution in [1.29, 1.82) is 0 Å². The van der Waals surface area contributed by atoms with Crippen LogP contribution in [0.5, 0.6) is 0 Å². The number of hydrogen-bond acceptors (Lipinski definition) is 3. The van der Waals surface area contributed by atoms with E-state index in [-0.39, 0.29) is 5.91 Å². The molecule has 4 nitrogen and oxygen atoms in total. The normalized spacial score (nSPS) is 17.1. The van der Waals surface area contributed by atoms with Crippen molar-refractivity contribution >= 4 is 11.6 Å². The first kappa shape index (κ1) is 15.0. The van der Waals surface area contributed by atoms with Crippen molar-refractivity contribution in [3.63, 3.8) is 0 Å². The van der Waals surface area contributed by atoms with Gasteiger partial charge in [0.05, 0.1) is 0 Å². The van der Waals surface area contributed by atoms with Gasteiger partial charge in [-0.05, 0) is 44.1 Å². The van der Waals surface area contributed by atoms with Crippen molar-refractivity contribution in [2.24, 2.45) is 0 Å². The minimum atomic E-state index is -0.0197. The number of likely N-dealkylation sites (tertiary alicyclic amines) is 1. The zero-order valence-corrected chi connectivity index (χ0v) is 12.5. The van der Waals surface area contributed by atoms with Crippen LogP contribution in [0.4, 0.5) is 5.69 Å². The maximum atomic E-state index is 11.2. The molecule has 1 amide bonds. The highest BCUT2D eigenvalue weighted by Gasteiger charge is 2.17. The smallest absolute Gasteiger partial charge is 0.221 e. The lowest BCUT2D eigenvalue weighted by molar-refractivity contribution is -0.114. The Morgan fingerprint density at radius 3 is 2.65 bits per heavy atom. The van der Waals surface area contributed by atoms with Gasteiger partial charge in [0.1, 0.15) is 0 Å². The number of benzene rings is 1. The Labute approximate surface area is 121 Å². The summed E-state index contributed by atoms with van der Waals surface area (Å²) in [4.78, 5) is 13.7. The molecule has 1 aromatic rings. The fraction of sp³-hybridized carbons (Fsp3) is 0.562. The third-order valence-corrected chi connectivity index (χ3v) is 3.94. The Morgan fingerprint density at radius 2 is 2.00 bits per heavy atom. The summed E-state index contributed by atoms with van der Waals surface area (Å²) < 4.78 is 0. The molecule has 0 aliphatic carbocycles. The summed E-state index contributed by atoms with van der Waals surface area (Å²) in [5.74, 6) is -0.0197.